The van der Waals surface area contributed by atoms with Gasteiger partial charge in [0.25, 0.3) is 0 Å². The Balaban J connectivity index is 2.54. The van der Waals surface area contributed by atoms with Crippen LogP contribution in [0.2, 0.25) is 0 Å². The van der Waals surface area contributed by atoms with E-state index in [0.717, 1.165) is 0 Å². The van der Waals surface area contributed by atoms with Crippen molar-refractivity contribution in [2.45, 2.75) is 46.3 Å². The molecule has 0 aromatic carbocycles. The van der Waals surface area contributed by atoms with E-state index in [1.54, 1.807) is 4.90 Å². The highest BCUT2D eigenvalue weighted by atomic mass is 16.6. The maximum absolute atomic E-state index is 11.8. The number of ether oxygens (including phenoxy) is 1. The van der Waals surface area contributed by atoms with E-state index < -0.39 is 23.0 Å². The van der Waals surface area contributed by atoms with E-state index in [9.17, 15) is 9.59 Å². The number of hydrogen-bond acceptors (Lipinski definition) is 4. The highest BCUT2D eigenvalue weighted by molar-refractivity contribution is 5.74. The number of carbonyl (C=O) groups excluding carboxylic acids is 1. The number of nitrogens with two attached hydrogens (primary N) is 1. The first kappa shape index (κ1) is 15.8. The van der Waals surface area contributed by atoms with Crippen molar-refractivity contribution in [3.05, 3.63) is 0 Å². The lowest BCUT2D eigenvalue weighted by atomic mass is 9.69. The molecule has 1 rings (SSSR count). The van der Waals surface area contributed by atoms with Crippen molar-refractivity contribution in [1.29, 1.82) is 0 Å². The van der Waals surface area contributed by atoms with E-state index >= 15 is 0 Å². The molecule has 0 saturated carbocycles. The third-order valence-corrected chi connectivity index (χ3v) is 3.65. The zero-order valence-electron chi connectivity index (χ0n) is 12.3. The highest BCUT2D eigenvalue weighted by Crippen LogP contribution is 2.37. The standard InChI is InChI=1S/C13H24N2O4/c1-12(2,3)19-11(18)15-6-8(7-15)13(4,5)9(14)10(16)17/h8-9H,6-7,14H2,1-5H3,(H,16,17). The van der Waals surface area contributed by atoms with Gasteiger partial charge in [-0.2, -0.15) is 0 Å². The SMILES string of the molecule is CC(C)(C)OC(=O)N1CC(C(C)(C)C(N)C(=O)O)C1. The molecule has 0 spiro atoms. The van der Waals surface area contributed by atoms with E-state index in [2.05, 4.69) is 0 Å². The van der Waals surface area contributed by atoms with Gasteiger partial charge < -0.3 is 20.5 Å². The van der Waals surface area contributed by atoms with Crippen LogP contribution in [-0.4, -0.2) is 46.8 Å². The number of carboxylic acids is 1. The van der Waals surface area contributed by atoms with Gasteiger partial charge in [0.05, 0.1) is 0 Å². The minimum Gasteiger partial charge on any atom is -0.480 e. The number of amides is 1. The molecule has 1 saturated heterocycles. The summed E-state index contributed by atoms with van der Waals surface area (Å²) in [5.74, 6) is -0.938. The summed E-state index contributed by atoms with van der Waals surface area (Å²) in [4.78, 5) is 24.3. The molecule has 1 atom stereocenters. The number of likely N-dealkylation sites (tertiary alicyclic amines) is 1. The van der Waals surface area contributed by atoms with Crippen LogP contribution in [0.3, 0.4) is 0 Å². The third kappa shape index (κ3) is 3.59. The number of carboxylic acid groups (broad SMARTS) is 1. The number of aliphatic carboxylic acids is 1. The molecule has 0 radical (unpaired) electrons. The lowest BCUT2D eigenvalue weighted by molar-refractivity contribution is -0.143. The van der Waals surface area contributed by atoms with Crippen LogP contribution in [0.15, 0.2) is 0 Å². The molecule has 1 amide bonds. The van der Waals surface area contributed by atoms with Crippen LogP contribution >= 0.6 is 0 Å². The molecule has 0 aromatic rings. The van der Waals surface area contributed by atoms with E-state index in [-0.39, 0.29) is 12.0 Å². The Labute approximate surface area is 113 Å². The largest absolute Gasteiger partial charge is 0.480 e. The average molecular weight is 272 g/mol. The summed E-state index contributed by atoms with van der Waals surface area (Å²) in [6.45, 7) is 10.1. The number of nitrogens with zero attached hydrogens (tertiary/aromatic N) is 1. The lowest BCUT2D eigenvalue weighted by Crippen LogP contribution is -2.61. The van der Waals surface area contributed by atoms with Gasteiger partial charge in [0.2, 0.25) is 0 Å². The summed E-state index contributed by atoms with van der Waals surface area (Å²) in [5.41, 5.74) is 4.62. The predicted octanol–water partition coefficient (Wildman–Crippen LogP) is 1.29. The monoisotopic (exact) mass is 272 g/mol. The maximum atomic E-state index is 11.8. The molecule has 1 heterocycles. The molecule has 0 aromatic heterocycles. The number of carbonyl (C=O) groups is 2. The summed E-state index contributed by atoms with van der Waals surface area (Å²) in [7, 11) is 0. The van der Waals surface area contributed by atoms with E-state index in [1.165, 1.54) is 0 Å². The summed E-state index contributed by atoms with van der Waals surface area (Å²) in [6, 6.07) is -0.932. The molecule has 110 valence electrons. The molecule has 6 heteroatoms. The first-order chi connectivity index (χ1) is 8.45. The second-order valence-corrected chi connectivity index (χ2v) is 6.72. The molecule has 6 nitrogen and oxygen atoms in total. The van der Waals surface area contributed by atoms with Gasteiger partial charge in [-0.05, 0) is 26.2 Å². The van der Waals surface area contributed by atoms with Crippen LogP contribution in [0.5, 0.6) is 0 Å². The number of hydrogen-bond donors (Lipinski definition) is 2. The summed E-state index contributed by atoms with van der Waals surface area (Å²) >= 11 is 0. The molecule has 1 fully saturated rings. The van der Waals surface area contributed by atoms with Crippen molar-refractivity contribution in [3.8, 4) is 0 Å². The van der Waals surface area contributed by atoms with E-state index in [1.807, 2.05) is 34.6 Å². The fraction of sp³-hybridized carbons (Fsp3) is 0.846. The first-order valence-electron chi connectivity index (χ1n) is 6.41. The van der Waals surface area contributed by atoms with Crippen molar-refractivity contribution in [3.63, 3.8) is 0 Å². The van der Waals surface area contributed by atoms with Crippen LogP contribution in [0.4, 0.5) is 4.79 Å². The predicted molar refractivity (Wildman–Crippen MR) is 70.7 cm³/mol. The van der Waals surface area contributed by atoms with Gasteiger partial charge in [0.15, 0.2) is 0 Å². The van der Waals surface area contributed by atoms with Crippen LogP contribution < -0.4 is 5.73 Å². The molecule has 0 aliphatic carbocycles. The van der Waals surface area contributed by atoms with Gasteiger partial charge in [-0.25, -0.2) is 4.79 Å². The quantitative estimate of drug-likeness (QED) is 0.807. The van der Waals surface area contributed by atoms with Crippen LogP contribution in [0.1, 0.15) is 34.6 Å². The summed E-state index contributed by atoms with van der Waals surface area (Å²) < 4.78 is 5.25. The normalized spacial score (nSPS) is 18.7. The van der Waals surface area contributed by atoms with Gasteiger partial charge >= 0.3 is 12.1 Å². The van der Waals surface area contributed by atoms with Gasteiger partial charge in [-0.15, -0.1) is 0 Å². The topological polar surface area (TPSA) is 92.9 Å². The Hall–Kier alpha value is -1.30. The van der Waals surface area contributed by atoms with Gasteiger partial charge in [-0.1, -0.05) is 13.8 Å². The zero-order chi connectivity index (χ0) is 15.0. The first-order valence-corrected chi connectivity index (χ1v) is 6.41. The minimum absolute atomic E-state index is 0.0751. The van der Waals surface area contributed by atoms with Crippen LogP contribution in [0, 0.1) is 11.3 Å². The number of rotatable bonds is 3. The minimum atomic E-state index is -1.01. The van der Waals surface area contributed by atoms with Crippen LogP contribution in [0.25, 0.3) is 0 Å². The average Bonchev–Trinajstić information content (AvgIpc) is 2.09. The smallest absolute Gasteiger partial charge is 0.410 e. The molecule has 1 aliphatic rings. The fourth-order valence-electron chi connectivity index (χ4n) is 2.00. The Bertz CT molecular complexity index is 367. The zero-order valence-corrected chi connectivity index (χ0v) is 12.3. The van der Waals surface area contributed by atoms with E-state index in [4.69, 9.17) is 15.6 Å². The van der Waals surface area contributed by atoms with Gasteiger partial charge in [0, 0.05) is 19.0 Å². The van der Waals surface area contributed by atoms with Gasteiger partial charge in [-0.3, -0.25) is 4.79 Å². The Kier molecular flexibility index (Phi) is 4.14. The Morgan fingerprint density at radius 1 is 1.26 bits per heavy atom. The molecule has 3 N–H and O–H groups in total. The van der Waals surface area contributed by atoms with Gasteiger partial charge in [0.1, 0.15) is 11.6 Å². The molecule has 19 heavy (non-hydrogen) atoms. The summed E-state index contributed by atoms with van der Waals surface area (Å²) in [5, 5.41) is 8.98. The van der Waals surface area contributed by atoms with Crippen molar-refractivity contribution >= 4 is 12.1 Å². The maximum Gasteiger partial charge on any atom is 0.410 e. The second-order valence-electron chi connectivity index (χ2n) is 6.72. The molecule has 1 aliphatic heterocycles. The second kappa shape index (κ2) is 5.00. The summed E-state index contributed by atoms with van der Waals surface area (Å²) in [6.07, 6.45) is -0.358. The lowest BCUT2D eigenvalue weighted by Gasteiger charge is -2.48. The Morgan fingerprint density at radius 3 is 2.11 bits per heavy atom. The Morgan fingerprint density at radius 2 is 1.74 bits per heavy atom. The molecular formula is C13H24N2O4. The van der Waals surface area contributed by atoms with Crippen molar-refractivity contribution < 1.29 is 19.4 Å². The van der Waals surface area contributed by atoms with E-state index in [0.29, 0.717) is 13.1 Å². The fourth-order valence-corrected chi connectivity index (χ4v) is 2.00. The van der Waals surface area contributed by atoms with Crippen LogP contribution in [-0.2, 0) is 9.53 Å². The highest BCUT2D eigenvalue weighted by Gasteiger charge is 2.47. The molecule has 0 bridgehead atoms. The van der Waals surface area contributed by atoms with Crippen molar-refractivity contribution in [2.75, 3.05) is 13.1 Å². The third-order valence-electron chi connectivity index (χ3n) is 3.65. The van der Waals surface area contributed by atoms with Crippen molar-refractivity contribution in [2.24, 2.45) is 17.1 Å². The van der Waals surface area contributed by atoms with Crippen molar-refractivity contribution in [1.82, 2.24) is 4.90 Å². The molecule has 1 unspecified atom stereocenters. The molecular weight excluding hydrogens is 248 g/mol.